The van der Waals surface area contributed by atoms with Crippen LogP contribution in [0.5, 0.6) is 0 Å². The minimum atomic E-state index is -4.64. The van der Waals surface area contributed by atoms with Crippen molar-refractivity contribution in [1.82, 2.24) is 4.90 Å². The molecule has 1 saturated heterocycles. The summed E-state index contributed by atoms with van der Waals surface area (Å²) in [4.78, 5) is 24.2. The van der Waals surface area contributed by atoms with Gasteiger partial charge in [0.15, 0.2) is 0 Å². The normalized spacial score (nSPS) is 32.2. The van der Waals surface area contributed by atoms with E-state index in [0.717, 1.165) is 12.0 Å². The van der Waals surface area contributed by atoms with Crippen LogP contribution in [0.4, 0.5) is 0 Å². The van der Waals surface area contributed by atoms with Crippen molar-refractivity contribution in [3.63, 3.8) is 0 Å². The Morgan fingerprint density at radius 3 is 2.62 bits per heavy atom. The van der Waals surface area contributed by atoms with Crippen molar-refractivity contribution >= 4 is 7.82 Å². The molecule has 4 rings (SSSR count). The van der Waals surface area contributed by atoms with Gasteiger partial charge in [0, 0.05) is 11.5 Å². The summed E-state index contributed by atoms with van der Waals surface area (Å²) in [5, 5.41) is 0. The van der Waals surface area contributed by atoms with Crippen molar-refractivity contribution in [3.05, 3.63) is 34.9 Å². The molecule has 3 atom stereocenters. The summed E-state index contributed by atoms with van der Waals surface area (Å²) >= 11 is 0. The molecule has 2 bridgehead atoms. The fraction of sp³-hybridized carbons (Fsp3) is 0.667. The minimum absolute atomic E-state index is 0.537. The molecule has 0 amide bonds. The van der Waals surface area contributed by atoms with Crippen LogP contribution >= 0.6 is 7.82 Å². The van der Waals surface area contributed by atoms with Crippen molar-refractivity contribution in [1.29, 1.82) is 0 Å². The lowest BCUT2D eigenvalue weighted by Gasteiger charge is -2.58. The molecule has 2 aliphatic carbocycles. The van der Waals surface area contributed by atoms with Crippen LogP contribution in [-0.2, 0) is 16.4 Å². The number of likely N-dealkylation sites (tertiary alicyclic amines) is 1. The lowest BCUT2D eigenvalue weighted by molar-refractivity contribution is 0.00283. The standard InChI is InChI=1S/C18H25N.H3O4P/c1-13-6-7-14-12-17-15-5-3-4-8-18(15,16(14)11-13)9-10-19(17)2;1-5(2,3)4/h6-7,11,15,17H,3-5,8-10,12H2,1-2H3;(H3,1,2,3,4)/t15-,17-,18-;/m0./s1. The molecule has 134 valence electrons. The highest BCUT2D eigenvalue weighted by molar-refractivity contribution is 7.45. The van der Waals surface area contributed by atoms with Gasteiger partial charge in [0.25, 0.3) is 0 Å². The zero-order chi connectivity index (χ0) is 17.5. The third kappa shape index (κ3) is 3.47. The van der Waals surface area contributed by atoms with E-state index < -0.39 is 7.82 Å². The van der Waals surface area contributed by atoms with Gasteiger partial charge < -0.3 is 19.6 Å². The van der Waals surface area contributed by atoms with E-state index in [9.17, 15) is 0 Å². The van der Waals surface area contributed by atoms with E-state index in [4.69, 9.17) is 19.2 Å². The first kappa shape index (κ1) is 18.1. The Morgan fingerprint density at radius 1 is 1.21 bits per heavy atom. The molecular formula is C18H28NO4P. The first-order valence-electron chi connectivity index (χ1n) is 8.79. The zero-order valence-electron chi connectivity index (χ0n) is 14.5. The number of piperidine rings is 1. The molecule has 5 nitrogen and oxygen atoms in total. The molecule has 0 unspecified atom stereocenters. The van der Waals surface area contributed by atoms with Gasteiger partial charge in [-0.05, 0) is 63.2 Å². The van der Waals surface area contributed by atoms with E-state index >= 15 is 0 Å². The van der Waals surface area contributed by atoms with Crippen molar-refractivity contribution in [3.8, 4) is 0 Å². The predicted octanol–water partition coefficient (Wildman–Crippen LogP) is 2.75. The van der Waals surface area contributed by atoms with Crippen LogP contribution in [0.25, 0.3) is 0 Å². The lowest BCUT2D eigenvalue weighted by Crippen LogP contribution is -2.59. The monoisotopic (exact) mass is 353 g/mol. The van der Waals surface area contributed by atoms with Gasteiger partial charge >= 0.3 is 7.82 Å². The van der Waals surface area contributed by atoms with Gasteiger partial charge in [0.2, 0.25) is 0 Å². The average molecular weight is 353 g/mol. The van der Waals surface area contributed by atoms with Gasteiger partial charge in [0.1, 0.15) is 0 Å². The predicted molar refractivity (Wildman–Crippen MR) is 93.8 cm³/mol. The van der Waals surface area contributed by atoms with Crippen LogP contribution in [-0.4, -0.2) is 39.2 Å². The third-order valence-corrected chi connectivity index (χ3v) is 6.27. The van der Waals surface area contributed by atoms with Crippen molar-refractivity contribution in [2.75, 3.05) is 13.6 Å². The van der Waals surface area contributed by atoms with E-state index in [-0.39, 0.29) is 0 Å². The molecule has 6 heteroatoms. The molecule has 0 aromatic heterocycles. The number of phosphoric acid groups is 1. The first-order valence-corrected chi connectivity index (χ1v) is 10.4. The number of aryl methyl sites for hydroxylation is 1. The topological polar surface area (TPSA) is 81.0 Å². The molecular weight excluding hydrogens is 325 g/mol. The number of fused-ring (bicyclic) bond motifs is 1. The van der Waals surface area contributed by atoms with Gasteiger partial charge in [-0.15, -0.1) is 0 Å². The van der Waals surface area contributed by atoms with Crippen molar-refractivity contribution in [2.45, 2.75) is 56.9 Å². The Labute approximate surface area is 143 Å². The number of hydrogen-bond donors (Lipinski definition) is 3. The largest absolute Gasteiger partial charge is 0.466 e. The number of rotatable bonds is 0. The van der Waals surface area contributed by atoms with E-state index in [1.807, 2.05) is 0 Å². The van der Waals surface area contributed by atoms with Gasteiger partial charge in [-0.1, -0.05) is 36.6 Å². The summed E-state index contributed by atoms with van der Waals surface area (Å²) in [6.45, 7) is 3.56. The van der Waals surface area contributed by atoms with Gasteiger partial charge in [-0.25, -0.2) is 4.57 Å². The van der Waals surface area contributed by atoms with Crippen LogP contribution < -0.4 is 0 Å². The maximum atomic E-state index is 8.88. The molecule has 1 aromatic carbocycles. The highest BCUT2D eigenvalue weighted by Gasteiger charge is 2.52. The molecule has 1 aromatic rings. The van der Waals surface area contributed by atoms with E-state index in [1.54, 1.807) is 11.1 Å². The van der Waals surface area contributed by atoms with Gasteiger partial charge in [0.05, 0.1) is 0 Å². The quantitative estimate of drug-likeness (QED) is 0.625. The molecule has 3 aliphatic rings. The Hall–Kier alpha value is -0.710. The van der Waals surface area contributed by atoms with Crippen LogP contribution in [0.15, 0.2) is 18.2 Å². The number of hydrogen-bond acceptors (Lipinski definition) is 2. The van der Waals surface area contributed by atoms with E-state index in [1.165, 1.54) is 50.6 Å². The number of likely N-dealkylation sites (N-methyl/N-ethyl adjacent to an activating group) is 1. The summed E-state index contributed by atoms with van der Waals surface area (Å²) in [5.74, 6) is 0.925. The zero-order valence-corrected chi connectivity index (χ0v) is 15.4. The summed E-state index contributed by atoms with van der Waals surface area (Å²) in [6.07, 6.45) is 8.48. The number of nitrogens with zero attached hydrogens (tertiary/aromatic N) is 1. The second-order valence-electron chi connectivity index (χ2n) is 7.68. The van der Waals surface area contributed by atoms with Crippen LogP contribution in [0.3, 0.4) is 0 Å². The molecule has 1 saturated carbocycles. The smallest absolute Gasteiger partial charge is 0.303 e. The third-order valence-electron chi connectivity index (χ3n) is 6.27. The lowest BCUT2D eigenvalue weighted by atomic mass is 9.52. The molecule has 3 N–H and O–H groups in total. The summed E-state index contributed by atoms with van der Waals surface area (Å²) in [6, 6.07) is 8.07. The van der Waals surface area contributed by atoms with Crippen LogP contribution in [0, 0.1) is 12.8 Å². The van der Waals surface area contributed by atoms with Crippen molar-refractivity contribution in [2.24, 2.45) is 5.92 Å². The average Bonchev–Trinajstić information content (AvgIpc) is 2.50. The van der Waals surface area contributed by atoms with Gasteiger partial charge in [-0.2, -0.15) is 0 Å². The minimum Gasteiger partial charge on any atom is -0.303 e. The summed E-state index contributed by atoms with van der Waals surface area (Å²) in [7, 11) is -2.29. The second-order valence-corrected chi connectivity index (χ2v) is 8.71. The van der Waals surface area contributed by atoms with E-state index in [0.29, 0.717) is 5.41 Å². The molecule has 2 fully saturated rings. The van der Waals surface area contributed by atoms with E-state index in [2.05, 4.69) is 37.1 Å². The van der Waals surface area contributed by atoms with Crippen LogP contribution in [0.2, 0.25) is 0 Å². The maximum absolute atomic E-state index is 8.88. The molecule has 1 aliphatic heterocycles. The Bertz CT molecular complexity index is 650. The molecule has 0 radical (unpaired) electrons. The number of benzene rings is 1. The maximum Gasteiger partial charge on any atom is 0.466 e. The highest BCUT2D eigenvalue weighted by atomic mass is 31.2. The van der Waals surface area contributed by atoms with Gasteiger partial charge in [-0.3, -0.25) is 0 Å². The highest BCUT2D eigenvalue weighted by Crippen LogP contribution is 2.55. The molecule has 24 heavy (non-hydrogen) atoms. The SMILES string of the molecule is Cc1ccc2c(c1)[C@]13CCCC[C@H]1[C@H](C2)N(C)CC3.O=P(O)(O)O. The first-order chi connectivity index (χ1) is 11.2. The Morgan fingerprint density at radius 2 is 1.92 bits per heavy atom. The van der Waals surface area contributed by atoms with Crippen LogP contribution in [0.1, 0.15) is 48.8 Å². The Balaban J connectivity index is 0.000000300. The summed E-state index contributed by atoms with van der Waals surface area (Å²) < 4.78 is 8.88. The fourth-order valence-electron chi connectivity index (χ4n) is 5.31. The Kier molecular flexibility index (Phi) is 4.93. The molecule has 1 heterocycles. The second kappa shape index (κ2) is 6.54. The summed E-state index contributed by atoms with van der Waals surface area (Å²) in [5.41, 5.74) is 5.38. The molecule has 0 spiro atoms. The van der Waals surface area contributed by atoms with Crippen molar-refractivity contribution < 1.29 is 19.2 Å². The fourth-order valence-corrected chi connectivity index (χ4v) is 5.31.